The molecule has 0 bridgehead atoms. The van der Waals surface area contributed by atoms with Crippen LogP contribution in [-0.2, 0) is 4.74 Å². The molecule has 0 unspecified atom stereocenters. The number of ether oxygens (including phenoxy) is 3. The van der Waals surface area contributed by atoms with Crippen molar-refractivity contribution in [3.8, 4) is 11.5 Å². The molecule has 0 radical (unpaired) electrons. The normalized spacial score (nSPS) is 14.1. The Kier molecular flexibility index (Phi) is 5.72. The monoisotopic (exact) mass is 387 g/mol. The van der Waals surface area contributed by atoms with E-state index in [-0.39, 0.29) is 12.7 Å². The Hall–Kier alpha value is -3.23. The van der Waals surface area contributed by atoms with Crippen LogP contribution in [0, 0.1) is 0 Å². The molecule has 0 atom stereocenters. The molecule has 2 heterocycles. The summed E-state index contributed by atoms with van der Waals surface area (Å²) in [6.45, 7) is 7.92. The lowest BCUT2D eigenvalue weighted by Gasteiger charge is -2.34. The Morgan fingerprint density at radius 2 is 1.89 bits per heavy atom. The van der Waals surface area contributed by atoms with Gasteiger partial charge in [-0.2, -0.15) is 4.98 Å². The predicted molar refractivity (Wildman–Crippen MR) is 107 cm³/mol. The van der Waals surface area contributed by atoms with E-state index in [1.807, 2.05) is 17.9 Å². The molecule has 9 nitrogen and oxygen atoms in total. The predicted octanol–water partition coefficient (Wildman–Crippen LogP) is 2.06. The van der Waals surface area contributed by atoms with Crippen LogP contribution in [0.2, 0.25) is 0 Å². The highest BCUT2D eigenvalue weighted by molar-refractivity contribution is 5.95. The number of anilines is 2. The van der Waals surface area contributed by atoms with Crippen molar-refractivity contribution >= 4 is 28.8 Å². The Bertz CT molecular complexity index is 894. The number of rotatable bonds is 5. The van der Waals surface area contributed by atoms with Crippen molar-refractivity contribution in [2.75, 3.05) is 57.6 Å². The summed E-state index contributed by atoms with van der Waals surface area (Å²) in [6, 6.07) is 3.58. The number of nitrogens with zero attached hydrogens (tertiary/aromatic N) is 4. The van der Waals surface area contributed by atoms with Crippen LogP contribution in [0.1, 0.15) is 6.92 Å². The van der Waals surface area contributed by atoms with Gasteiger partial charge in [-0.1, -0.05) is 6.58 Å². The van der Waals surface area contributed by atoms with Crippen molar-refractivity contribution in [1.82, 2.24) is 14.9 Å². The van der Waals surface area contributed by atoms with E-state index in [9.17, 15) is 4.79 Å². The summed E-state index contributed by atoms with van der Waals surface area (Å²) >= 11 is 0. The lowest BCUT2D eigenvalue weighted by atomic mass is 10.2. The standard InChI is InChI=1S/C19H25N5O4/c1-12(2)11-28-19(25)24-9-7-23(8-10-24)18-21-15-13(17(20)22-18)5-6-14(26-3)16(15)27-4/h5-6H,1,7-11H2,2-4H3,(H2,20,21,22). The van der Waals surface area contributed by atoms with Crippen molar-refractivity contribution in [2.45, 2.75) is 6.92 Å². The number of carbonyl (C=O) groups is 1. The van der Waals surface area contributed by atoms with E-state index in [0.717, 1.165) is 5.57 Å². The average molecular weight is 387 g/mol. The molecule has 1 saturated heterocycles. The molecule has 150 valence electrons. The van der Waals surface area contributed by atoms with E-state index in [2.05, 4.69) is 16.5 Å². The van der Waals surface area contributed by atoms with Crippen LogP contribution >= 0.6 is 0 Å². The number of fused-ring (bicyclic) bond motifs is 1. The zero-order valence-electron chi connectivity index (χ0n) is 16.4. The molecule has 1 fully saturated rings. The summed E-state index contributed by atoms with van der Waals surface area (Å²) in [6.07, 6.45) is -0.340. The van der Waals surface area contributed by atoms with E-state index < -0.39 is 0 Å². The van der Waals surface area contributed by atoms with Gasteiger partial charge in [0, 0.05) is 31.6 Å². The SMILES string of the molecule is C=C(C)COC(=O)N1CCN(c2nc(N)c3ccc(OC)c(OC)c3n2)CC1. The van der Waals surface area contributed by atoms with Gasteiger partial charge in [0.1, 0.15) is 17.9 Å². The largest absolute Gasteiger partial charge is 0.493 e. The second-order valence-corrected chi connectivity index (χ2v) is 6.59. The van der Waals surface area contributed by atoms with Gasteiger partial charge in [-0.3, -0.25) is 0 Å². The fraction of sp³-hybridized carbons (Fsp3) is 0.421. The van der Waals surface area contributed by atoms with Gasteiger partial charge < -0.3 is 29.7 Å². The van der Waals surface area contributed by atoms with Crippen molar-refractivity contribution in [3.05, 3.63) is 24.3 Å². The molecule has 0 aliphatic carbocycles. The van der Waals surface area contributed by atoms with Crippen molar-refractivity contribution < 1.29 is 19.0 Å². The van der Waals surface area contributed by atoms with Crippen LogP contribution in [0.4, 0.5) is 16.6 Å². The number of nitrogens with two attached hydrogens (primary N) is 1. The number of amides is 1. The molecule has 2 aromatic rings. The summed E-state index contributed by atoms with van der Waals surface area (Å²) in [5, 5.41) is 0.698. The van der Waals surface area contributed by atoms with Crippen LogP contribution in [0.5, 0.6) is 11.5 Å². The first-order valence-electron chi connectivity index (χ1n) is 8.93. The highest BCUT2D eigenvalue weighted by atomic mass is 16.6. The molecule has 1 amide bonds. The molecule has 9 heteroatoms. The van der Waals surface area contributed by atoms with Crippen molar-refractivity contribution in [3.63, 3.8) is 0 Å². The molecule has 1 aromatic heterocycles. The number of carbonyl (C=O) groups excluding carboxylic acids is 1. The molecule has 0 saturated carbocycles. The van der Waals surface area contributed by atoms with Gasteiger partial charge in [0.2, 0.25) is 5.95 Å². The first kappa shape index (κ1) is 19.5. The van der Waals surface area contributed by atoms with Crippen molar-refractivity contribution in [1.29, 1.82) is 0 Å². The lowest BCUT2D eigenvalue weighted by molar-refractivity contribution is 0.108. The summed E-state index contributed by atoms with van der Waals surface area (Å²) in [5.74, 6) is 1.94. The number of nitrogen functional groups attached to an aromatic ring is 1. The van der Waals surface area contributed by atoms with Crippen molar-refractivity contribution in [2.24, 2.45) is 0 Å². The minimum absolute atomic E-state index is 0.227. The van der Waals surface area contributed by atoms with Crippen LogP contribution in [0.3, 0.4) is 0 Å². The zero-order chi connectivity index (χ0) is 20.3. The summed E-state index contributed by atoms with van der Waals surface area (Å²) in [7, 11) is 3.13. The van der Waals surface area contributed by atoms with Crippen LogP contribution in [0.15, 0.2) is 24.3 Å². The molecule has 1 aliphatic rings. The number of hydrogen-bond acceptors (Lipinski definition) is 8. The fourth-order valence-electron chi connectivity index (χ4n) is 3.03. The molecule has 1 aliphatic heterocycles. The Morgan fingerprint density at radius 3 is 2.50 bits per heavy atom. The molecule has 1 aromatic carbocycles. The van der Waals surface area contributed by atoms with Crippen LogP contribution in [0.25, 0.3) is 10.9 Å². The van der Waals surface area contributed by atoms with Gasteiger partial charge in [0.15, 0.2) is 11.5 Å². The number of aromatic nitrogens is 2. The Morgan fingerprint density at radius 1 is 1.18 bits per heavy atom. The van der Waals surface area contributed by atoms with E-state index in [4.69, 9.17) is 19.9 Å². The molecule has 0 spiro atoms. The van der Waals surface area contributed by atoms with E-state index in [1.54, 1.807) is 25.2 Å². The third-order valence-corrected chi connectivity index (χ3v) is 4.49. The lowest BCUT2D eigenvalue weighted by Crippen LogP contribution is -2.49. The smallest absolute Gasteiger partial charge is 0.410 e. The van der Waals surface area contributed by atoms with E-state index in [1.165, 1.54) is 0 Å². The first-order chi connectivity index (χ1) is 13.4. The van der Waals surface area contributed by atoms with Gasteiger partial charge in [0.05, 0.1) is 14.2 Å². The van der Waals surface area contributed by atoms with Gasteiger partial charge >= 0.3 is 6.09 Å². The summed E-state index contributed by atoms with van der Waals surface area (Å²) in [5.41, 5.74) is 7.55. The van der Waals surface area contributed by atoms with Gasteiger partial charge in [-0.15, -0.1) is 0 Å². The van der Waals surface area contributed by atoms with Gasteiger partial charge in [0.25, 0.3) is 0 Å². The van der Waals surface area contributed by atoms with E-state index in [0.29, 0.717) is 60.3 Å². The maximum atomic E-state index is 12.1. The second-order valence-electron chi connectivity index (χ2n) is 6.59. The first-order valence-corrected chi connectivity index (χ1v) is 8.93. The molecule has 2 N–H and O–H groups in total. The maximum Gasteiger partial charge on any atom is 0.410 e. The van der Waals surface area contributed by atoms with Gasteiger partial charge in [-0.25, -0.2) is 9.78 Å². The molecular formula is C19H25N5O4. The Balaban J connectivity index is 1.79. The minimum Gasteiger partial charge on any atom is -0.493 e. The van der Waals surface area contributed by atoms with Gasteiger partial charge in [-0.05, 0) is 24.6 Å². The number of methoxy groups -OCH3 is 2. The van der Waals surface area contributed by atoms with E-state index >= 15 is 0 Å². The van der Waals surface area contributed by atoms with Crippen LogP contribution in [-0.4, -0.2) is 68.0 Å². The molecular weight excluding hydrogens is 362 g/mol. The highest BCUT2D eigenvalue weighted by Crippen LogP contribution is 2.36. The van der Waals surface area contributed by atoms with Crippen LogP contribution < -0.4 is 20.1 Å². The summed E-state index contributed by atoms with van der Waals surface area (Å²) in [4.78, 5) is 24.8. The second kappa shape index (κ2) is 8.20. The molecule has 28 heavy (non-hydrogen) atoms. The highest BCUT2D eigenvalue weighted by Gasteiger charge is 2.25. The average Bonchev–Trinajstić information content (AvgIpc) is 2.71. The topological polar surface area (TPSA) is 103 Å². The Labute approximate surface area is 163 Å². The molecule has 3 rings (SSSR count). The quantitative estimate of drug-likeness (QED) is 0.778. The summed E-state index contributed by atoms with van der Waals surface area (Å²) < 4.78 is 16.0. The zero-order valence-corrected chi connectivity index (χ0v) is 16.4. The third-order valence-electron chi connectivity index (χ3n) is 4.49. The maximum absolute atomic E-state index is 12.1. The third kappa shape index (κ3) is 3.88. The number of piperazine rings is 1. The minimum atomic E-state index is -0.340. The number of benzene rings is 1. The fourth-order valence-corrected chi connectivity index (χ4v) is 3.03. The number of hydrogen-bond donors (Lipinski definition) is 1.